The molecule has 2 aliphatic heterocycles. The molecule has 1 spiro atoms. The number of carbonyl (C=O) groups is 1. The number of ether oxygens (including phenoxy) is 2. The van der Waals surface area contributed by atoms with Crippen LogP contribution in [0.15, 0.2) is 24.3 Å². The number of likely N-dealkylation sites (tertiary alicyclic amines) is 1. The van der Waals surface area contributed by atoms with E-state index in [2.05, 4.69) is 5.10 Å². The average molecular weight is 390 g/mol. The van der Waals surface area contributed by atoms with Gasteiger partial charge in [0.1, 0.15) is 0 Å². The van der Waals surface area contributed by atoms with Crippen molar-refractivity contribution in [1.82, 2.24) is 14.7 Å². The maximum atomic E-state index is 12.9. The molecule has 6 nitrogen and oxygen atoms in total. The number of hydrogen-bond acceptors (Lipinski definition) is 4. The van der Waals surface area contributed by atoms with Crippen LogP contribution in [0.2, 0.25) is 5.02 Å². The Morgan fingerprint density at radius 2 is 1.78 bits per heavy atom. The molecule has 2 saturated heterocycles. The first kappa shape index (κ1) is 18.5. The molecule has 0 aliphatic carbocycles. The highest BCUT2D eigenvalue weighted by Crippen LogP contribution is 2.31. The van der Waals surface area contributed by atoms with Gasteiger partial charge in [-0.3, -0.25) is 4.79 Å². The van der Waals surface area contributed by atoms with Crippen molar-refractivity contribution in [3.05, 3.63) is 46.2 Å². The summed E-state index contributed by atoms with van der Waals surface area (Å²) in [5.41, 5.74) is 3.79. The third kappa shape index (κ3) is 3.61. The summed E-state index contributed by atoms with van der Waals surface area (Å²) in [4.78, 5) is 14.8. The first-order valence-corrected chi connectivity index (χ1v) is 9.72. The van der Waals surface area contributed by atoms with E-state index in [4.69, 9.17) is 21.1 Å². The Balaban J connectivity index is 1.46. The molecule has 1 amide bonds. The summed E-state index contributed by atoms with van der Waals surface area (Å²) in [5.74, 6) is -0.327. The summed E-state index contributed by atoms with van der Waals surface area (Å²) in [6, 6.07) is 7.54. The number of halogens is 1. The highest BCUT2D eigenvalue weighted by atomic mass is 35.5. The Labute approximate surface area is 164 Å². The SMILES string of the molecule is Cc1nn(-c2ccc(Cl)cc2)c(C)c1CC(=O)N1CCC2(CC1)OCCO2. The van der Waals surface area contributed by atoms with Crippen molar-refractivity contribution in [3.63, 3.8) is 0 Å². The fraction of sp³-hybridized carbons (Fsp3) is 0.500. The van der Waals surface area contributed by atoms with Crippen molar-refractivity contribution in [3.8, 4) is 5.69 Å². The molecular formula is C20H24ClN3O3. The van der Waals surface area contributed by atoms with Crippen LogP contribution in [-0.4, -0.2) is 52.7 Å². The molecule has 2 aromatic rings. The van der Waals surface area contributed by atoms with E-state index in [0.29, 0.717) is 37.7 Å². The van der Waals surface area contributed by atoms with Gasteiger partial charge in [-0.05, 0) is 38.1 Å². The van der Waals surface area contributed by atoms with E-state index in [0.717, 1.165) is 35.5 Å². The molecule has 27 heavy (non-hydrogen) atoms. The Morgan fingerprint density at radius 3 is 2.41 bits per heavy atom. The van der Waals surface area contributed by atoms with Gasteiger partial charge in [-0.2, -0.15) is 5.10 Å². The van der Waals surface area contributed by atoms with Gasteiger partial charge in [0, 0.05) is 42.2 Å². The molecule has 3 heterocycles. The van der Waals surface area contributed by atoms with Crippen molar-refractivity contribution in [2.75, 3.05) is 26.3 Å². The van der Waals surface area contributed by atoms with Gasteiger partial charge in [0.05, 0.1) is 31.0 Å². The fourth-order valence-corrected chi connectivity index (χ4v) is 4.04. The number of aromatic nitrogens is 2. The maximum absolute atomic E-state index is 12.9. The van der Waals surface area contributed by atoms with Crippen LogP contribution in [0.5, 0.6) is 0 Å². The highest BCUT2D eigenvalue weighted by molar-refractivity contribution is 6.30. The van der Waals surface area contributed by atoms with Crippen molar-refractivity contribution < 1.29 is 14.3 Å². The molecule has 7 heteroatoms. The predicted molar refractivity (Wildman–Crippen MR) is 102 cm³/mol. The van der Waals surface area contributed by atoms with Gasteiger partial charge in [0.2, 0.25) is 5.91 Å². The number of hydrogen-bond donors (Lipinski definition) is 0. The molecule has 2 fully saturated rings. The number of benzene rings is 1. The second-order valence-electron chi connectivity index (χ2n) is 7.20. The number of carbonyl (C=O) groups excluding carboxylic acids is 1. The van der Waals surface area contributed by atoms with E-state index in [9.17, 15) is 4.79 Å². The maximum Gasteiger partial charge on any atom is 0.227 e. The van der Waals surface area contributed by atoms with Crippen LogP contribution in [0.3, 0.4) is 0 Å². The van der Waals surface area contributed by atoms with Crippen LogP contribution in [0.4, 0.5) is 0 Å². The normalized spacial score (nSPS) is 19.0. The second-order valence-corrected chi connectivity index (χ2v) is 7.64. The molecule has 1 aromatic carbocycles. The lowest BCUT2D eigenvalue weighted by atomic mass is 10.0. The molecule has 0 N–H and O–H groups in total. The van der Waals surface area contributed by atoms with E-state index in [-0.39, 0.29) is 5.91 Å². The topological polar surface area (TPSA) is 56.6 Å². The molecule has 0 radical (unpaired) electrons. The zero-order valence-corrected chi connectivity index (χ0v) is 16.5. The lowest BCUT2D eigenvalue weighted by molar-refractivity contribution is -0.187. The molecule has 0 atom stereocenters. The lowest BCUT2D eigenvalue weighted by Crippen LogP contribution is -2.47. The first-order valence-electron chi connectivity index (χ1n) is 9.34. The Hall–Kier alpha value is -1.89. The molecule has 0 saturated carbocycles. The van der Waals surface area contributed by atoms with Crippen LogP contribution in [0, 0.1) is 13.8 Å². The minimum atomic E-state index is -0.456. The van der Waals surface area contributed by atoms with Crippen LogP contribution < -0.4 is 0 Å². The second kappa shape index (κ2) is 7.26. The molecule has 1 aromatic heterocycles. The lowest BCUT2D eigenvalue weighted by Gasteiger charge is -2.37. The van der Waals surface area contributed by atoms with Gasteiger partial charge in [0.15, 0.2) is 5.79 Å². The predicted octanol–water partition coefficient (Wildman–Crippen LogP) is 3.05. The van der Waals surface area contributed by atoms with Gasteiger partial charge in [0.25, 0.3) is 0 Å². The quantitative estimate of drug-likeness (QED) is 0.809. The van der Waals surface area contributed by atoms with Gasteiger partial charge < -0.3 is 14.4 Å². The minimum absolute atomic E-state index is 0.129. The van der Waals surface area contributed by atoms with Crippen molar-refractivity contribution in [1.29, 1.82) is 0 Å². The molecule has 0 bridgehead atoms. The number of aryl methyl sites for hydroxylation is 1. The number of piperidine rings is 1. The van der Waals surface area contributed by atoms with Crippen molar-refractivity contribution >= 4 is 17.5 Å². The summed E-state index contributed by atoms with van der Waals surface area (Å²) in [6.07, 6.45) is 1.83. The van der Waals surface area contributed by atoms with E-state index in [1.807, 2.05) is 47.7 Å². The van der Waals surface area contributed by atoms with Crippen molar-refractivity contribution in [2.45, 2.75) is 38.9 Å². The fourth-order valence-electron chi connectivity index (χ4n) is 3.91. The average Bonchev–Trinajstić information content (AvgIpc) is 3.23. The molecule has 4 rings (SSSR count). The molecular weight excluding hydrogens is 366 g/mol. The third-order valence-electron chi connectivity index (χ3n) is 5.53. The highest BCUT2D eigenvalue weighted by Gasteiger charge is 2.40. The van der Waals surface area contributed by atoms with Gasteiger partial charge in [-0.15, -0.1) is 0 Å². The smallest absolute Gasteiger partial charge is 0.227 e. The van der Waals surface area contributed by atoms with Crippen LogP contribution in [0.1, 0.15) is 29.8 Å². The van der Waals surface area contributed by atoms with Gasteiger partial charge >= 0.3 is 0 Å². The molecule has 0 unspecified atom stereocenters. The summed E-state index contributed by atoms with van der Waals surface area (Å²) in [5, 5.41) is 5.32. The van der Waals surface area contributed by atoms with E-state index < -0.39 is 5.79 Å². The standard InChI is InChI=1S/C20H24ClN3O3/c1-14-18(15(2)24(22-14)17-5-3-16(21)4-6-17)13-19(25)23-9-7-20(8-10-23)26-11-12-27-20/h3-6H,7-13H2,1-2H3. The van der Waals surface area contributed by atoms with Crippen LogP contribution in [0.25, 0.3) is 5.69 Å². The first-order chi connectivity index (χ1) is 13.0. The number of nitrogens with zero attached hydrogens (tertiary/aromatic N) is 3. The Bertz CT molecular complexity index is 831. The van der Waals surface area contributed by atoms with Crippen molar-refractivity contribution in [2.24, 2.45) is 0 Å². The zero-order valence-electron chi connectivity index (χ0n) is 15.7. The summed E-state index contributed by atoms with van der Waals surface area (Å²) in [7, 11) is 0. The zero-order chi connectivity index (χ0) is 19.0. The van der Waals surface area contributed by atoms with E-state index in [1.54, 1.807) is 0 Å². The van der Waals surface area contributed by atoms with Crippen LogP contribution in [-0.2, 0) is 20.7 Å². The summed E-state index contributed by atoms with van der Waals surface area (Å²) < 4.78 is 13.4. The Morgan fingerprint density at radius 1 is 1.15 bits per heavy atom. The Kier molecular flexibility index (Phi) is 4.97. The molecule has 144 valence electrons. The summed E-state index contributed by atoms with van der Waals surface area (Å²) >= 11 is 5.98. The monoisotopic (exact) mass is 389 g/mol. The number of amides is 1. The van der Waals surface area contributed by atoms with Gasteiger partial charge in [-0.1, -0.05) is 11.6 Å². The van der Waals surface area contributed by atoms with E-state index >= 15 is 0 Å². The summed E-state index contributed by atoms with van der Waals surface area (Å²) in [6.45, 7) is 6.59. The third-order valence-corrected chi connectivity index (χ3v) is 5.78. The van der Waals surface area contributed by atoms with E-state index in [1.165, 1.54) is 0 Å². The van der Waals surface area contributed by atoms with Crippen LogP contribution >= 0.6 is 11.6 Å². The van der Waals surface area contributed by atoms with Gasteiger partial charge in [-0.25, -0.2) is 4.68 Å². The number of rotatable bonds is 3. The largest absolute Gasteiger partial charge is 0.347 e. The minimum Gasteiger partial charge on any atom is -0.347 e. The molecule has 2 aliphatic rings.